The number of benzene rings is 2. The van der Waals surface area contributed by atoms with Gasteiger partial charge in [-0.1, -0.05) is 32.0 Å². The van der Waals surface area contributed by atoms with Crippen LogP contribution in [0.15, 0.2) is 67.3 Å². The van der Waals surface area contributed by atoms with E-state index in [-0.39, 0.29) is 5.91 Å². The summed E-state index contributed by atoms with van der Waals surface area (Å²) in [5.41, 5.74) is 6.36. The number of fused-ring (bicyclic) bond motifs is 1. The van der Waals surface area contributed by atoms with Crippen LogP contribution in [0.1, 0.15) is 41.4 Å². The van der Waals surface area contributed by atoms with Crippen LogP contribution in [0, 0.1) is 6.92 Å². The number of carbonyl (C=O) groups is 1. The normalized spacial score (nSPS) is 11.0. The summed E-state index contributed by atoms with van der Waals surface area (Å²) in [5.74, 6) is 0.108. The molecule has 0 bridgehead atoms. The fraction of sp³-hybridized carbons (Fsp3) is 0.167. The number of carbonyl (C=O) groups excluding carboxylic acids is 1. The van der Waals surface area contributed by atoms with E-state index in [9.17, 15) is 4.79 Å². The van der Waals surface area contributed by atoms with Crippen LogP contribution in [0.2, 0.25) is 0 Å². The second kappa shape index (κ2) is 7.80. The predicted molar refractivity (Wildman–Crippen MR) is 116 cm³/mol. The second-order valence-electron chi connectivity index (χ2n) is 7.44. The number of amides is 1. The smallest absolute Gasteiger partial charge is 0.274 e. The van der Waals surface area contributed by atoms with Gasteiger partial charge in [0, 0.05) is 29.0 Å². The van der Waals surface area contributed by atoms with Gasteiger partial charge in [-0.15, -0.1) is 0 Å². The minimum atomic E-state index is -0.225. The van der Waals surface area contributed by atoms with Crippen molar-refractivity contribution in [1.29, 1.82) is 0 Å². The molecule has 5 nitrogen and oxygen atoms in total. The Kier molecular flexibility index (Phi) is 5.04. The molecule has 0 saturated heterocycles. The maximum Gasteiger partial charge on any atom is 0.274 e. The van der Waals surface area contributed by atoms with Gasteiger partial charge in [0.25, 0.3) is 5.91 Å². The molecule has 1 amide bonds. The topological polar surface area (TPSA) is 67.8 Å². The van der Waals surface area contributed by atoms with E-state index < -0.39 is 0 Å². The molecule has 0 spiro atoms. The van der Waals surface area contributed by atoms with E-state index in [0.717, 1.165) is 33.3 Å². The molecule has 0 aliphatic heterocycles. The Labute approximate surface area is 169 Å². The van der Waals surface area contributed by atoms with Crippen LogP contribution in [0.5, 0.6) is 0 Å². The van der Waals surface area contributed by atoms with Crippen molar-refractivity contribution in [2.24, 2.45) is 0 Å². The van der Waals surface area contributed by atoms with Crippen molar-refractivity contribution >= 4 is 22.5 Å². The number of hydrogen-bond donors (Lipinski definition) is 1. The minimum Gasteiger partial charge on any atom is -0.321 e. The number of rotatable bonds is 4. The van der Waals surface area contributed by atoms with E-state index in [1.54, 1.807) is 18.6 Å². The minimum absolute atomic E-state index is 0.225. The van der Waals surface area contributed by atoms with E-state index in [1.807, 2.05) is 43.5 Å². The van der Waals surface area contributed by atoms with Crippen LogP contribution in [-0.4, -0.2) is 20.9 Å². The molecule has 1 N–H and O–H groups in total. The molecule has 0 atom stereocenters. The first-order valence-corrected chi connectivity index (χ1v) is 9.59. The van der Waals surface area contributed by atoms with Gasteiger partial charge in [0.15, 0.2) is 0 Å². The molecule has 2 heterocycles. The Morgan fingerprint density at radius 1 is 0.966 bits per heavy atom. The van der Waals surface area contributed by atoms with Gasteiger partial charge in [0.05, 0.1) is 5.52 Å². The van der Waals surface area contributed by atoms with Gasteiger partial charge in [-0.25, -0.2) is 9.97 Å². The standard InChI is InChI=1S/C24H22N4O/c1-15(2)21-11-18(10-19-12-25-14-27-23(19)21)17-7-8-22(26-13-17)24(29)28-20-6-4-5-16(3)9-20/h4-15H,1-3H3,(H,28,29). The Hall–Kier alpha value is -3.60. The molecule has 4 aromatic rings. The molecule has 0 unspecified atom stereocenters. The fourth-order valence-electron chi connectivity index (χ4n) is 3.36. The fourth-order valence-corrected chi connectivity index (χ4v) is 3.36. The monoisotopic (exact) mass is 382 g/mol. The van der Waals surface area contributed by atoms with Crippen LogP contribution < -0.4 is 5.32 Å². The third-order valence-corrected chi connectivity index (χ3v) is 4.86. The molecular formula is C24H22N4O. The maximum absolute atomic E-state index is 12.5. The summed E-state index contributed by atoms with van der Waals surface area (Å²) in [6.45, 7) is 6.29. The van der Waals surface area contributed by atoms with E-state index in [1.165, 1.54) is 5.56 Å². The highest BCUT2D eigenvalue weighted by molar-refractivity contribution is 6.03. The van der Waals surface area contributed by atoms with Crippen molar-refractivity contribution in [3.63, 3.8) is 0 Å². The quantitative estimate of drug-likeness (QED) is 0.515. The van der Waals surface area contributed by atoms with Gasteiger partial charge in [0.1, 0.15) is 12.0 Å². The summed E-state index contributed by atoms with van der Waals surface area (Å²) in [6, 6.07) is 15.6. The van der Waals surface area contributed by atoms with Crippen LogP contribution in [-0.2, 0) is 0 Å². The molecule has 5 heteroatoms. The number of nitrogens with zero attached hydrogens (tertiary/aromatic N) is 3. The van der Waals surface area contributed by atoms with Gasteiger partial charge in [0.2, 0.25) is 0 Å². The molecule has 0 aliphatic rings. The highest BCUT2D eigenvalue weighted by Gasteiger charge is 2.12. The van der Waals surface area contributed by atoms with Crippen LogP contribution in [0.25, 0.3) is 22.0 Å². The van der Waals surface area contributed by atoms with E-state index >= 15 is 0 Å². The Balaban J connectivity index is 1.63. The first-order valence-electron chi connectivity index (χ1n) is 9.59. The van der Waals surface area contributed by atoms with E-state index in [4.69, 9.17) is 0 Å². The summed E-state index contributed by atoms with van der Waals surface area (Å²) in [6.07, 6.45) is 5.14. The molecule has 2 aromatic heterocycles. The lowest BCUT2D eigenvalue weighted by Crippen LogP contribution is -2.13. The number of aryl methyl sites for hydroxylation is 1. The van der Waals surface area contributed by atoms with Gasteiger partial charge in [-0.2, -0.15) is 0 Å². The maximum atomic E-state index is 12.5. The van der Waals surface area contributed by atoms with E-state index in [2.05, 4.69) is 46.2 Å². The lowest BCUT2D eigenvalue weighted by molar-refractivity contribution is 0.102. The van der Waals surface area contributed by atoms with Crippen molar-refractivity contribution in [3.8, 4) is 11.1 Å². The number of anilines is 1. The van der Waals surface area contributed by atoms with Gasteiger partial charge >= 0.3 is 0 Å². The zero-order chi connectivity index (χ0) is 20.4. The SMILES string of the molecule is Cc1cccc(NC(=O)c2ccc(-c3cc(C(C)C)c4ncncc4c3)cn2)c1. The van der Waals surface area contributed by atoms with Gasteiger partial charge < -0.3 is 5.32 Å². The third kappa shape index (κ3) is 3.99. The van der Waals surface area contributed by atoms with E-state index in [0.29, 0.717) is 11.6 Å². The number of nitrogens with one attached hydrogen (secondary N) is 1. The van der Waals surface area contributed by atoms with Crippen LogP contribution in [0.4, 0.5) is 5.69 Å². The summed E-state index contributed by atoms with van der Waals surface area (Å²) < 4.78 is 0. The van der Waals surface area contributed by atoms with Gasteiger partial charge in [-0.05, 0) is 59.9 Å². The Morgan fingerprint density at radius 3 is 2.55 bits per heavy atom. The molecule has 0 fully saturated rings. The first kappa shape index (κ1) is 18.7. The number of pyridine rings is 1. The Morgan fingerprint density at radius 2 is 1.83 bits per heavy atom. The van der Waals surface area contributed by atoms with Gasteiger partial charge in [-0.3, -0.25) is 9.78 Å². The summed E-state index contributed by atoms with van der Waals surface area (Å²) in [7, 11) is 0. The third-order valence-electron chi connectivity index (χ3n) is 4.86. The molecule has 0 aliphatic carbocycles. The molecule has 0 saturated carbocycles. The largest absolute Gasteiger partial charge is 0.321 e. The van der Waals surface area contributed by atoms with Crippen molar-refractivity contribution in [2.45, 2.75) is 26.7 Å². The highest BCUT2D eigenvalue weighted by Crippen LogP contribution is 2.30. The van der Waals surface area contributed by atoms with Crippen LogP contribution >= 0.6 is 0 Å². The average molecular weight is 382 g/mol. The predicted octanol–water partition coefficient (Wildman–Crippen LogP) is 5.38. The second-order valence-corrected chi connectivity index (χ2v) is 7.44. The molecule has 2 aromatic carbocycles. The van der Waals surface area contributed by atoms with Crippen molar-refractivity contribution in [3.05, 3.63) is 84.1 Å². The Bertz CT molecular complexity index is 1180. The van der Waals surface area contributed by atoms with Crippen molar-refractivity contribution < 1.29 is 4.79 Å². The zero-order valence-electron chi connectivity index (χ0n) is 16.7. The molecule has 29 heavy (non-hydrogen) atoms. The summed E-state index contributed by atoms with van der Waals surface area (Å²) >= 11 is 0. The number of aromatic nitrogens is 3. The summed E-state index contributed by atoms with van der Waals surface area (Å²) in [4.78, 5) is 25.5. The molecule has 144 valence electrons. The lowest BCUT2D eigenvalue weighted by atomic mass is 9.95. The van der Waals surface area contributed by atoms with Crippen molar-refractivity contribution in [1.82, 2.24) is 15.0 Å². The lowest BCUT2D eigenvalue weighted by Gasteiger charge is -2.12. The molecular weight excluding hydrogens is 360 g/mol. The first-order chi connectivity index (χ1) is 14.0. The summed E-state index contributed by atoms with van der Waals surface area (Å²) in [5, 5.41) is 3.88. The zero-order valence-corrected chi connectivity index (χ0v) is 16.7. The highest BCUT2D eigenvalue weighted by atomic mass is 16.1. The van der Waals surface area contributed by atoms with Crippen LogP contribution in [0.3, 0.4) is 0 Å². The number of hydrogen-bond acceptors (Lipinski definition) is 4. The average Bonchev–Trinajstić information content (AvgIpc) is 2.73. The molecule has 4 rings (SSSR count). The molecule has 0 radical (unpaired) electrons. The van der Waals surface area contributed by atoms with Crippen molar-refractivity contribution in [2.75, 3.05) is 5.32 Å².